The Labute approximate surface area is 106 Å². The van der Waals surface area contributed by atoms with Crippen molar-refractivity contribution in [3.8, 4) is 11.5 Å². The molecule has 1 saturated heterocycles. The van der Waals surface area contributed by atoms with E-state index in [1.54, 1.807) is 13.2 Å². The molecule has 4 heteroatoms. The van der Waals surface area contributed by atoms with Crippen LogP contribution >= 0.6 is 0 Å². The molecule has 0 amide bonds. The van der Waals surface area contributed by atoms with Gasteiger partial charge in [-0.15, -0.1) is 0 Å². The van der Waals surface area contributed by atoms with Gasteiger partial charge in [0.1, 0.15) is 11.9 Å². The third-order valence-corrected chi connectivity index (χ3v) is 4.04. The summed E-state index contributed by atoms with van der Waals surface area (Å²) in [6.45, 7) is 2.04. The Kier molecular flexibility index (Phi) is 3.12. The molecule has 3 nitrogen and oxygen atoms in total. The van der Waals surface area contributed by atoms with Crippen molar-refractivity contribution in [3.63, 3.8) is 0 Å². The standard InChI is InChI=1S/C14H18FNO2/c1-17-13-6-11(15)4-5-12(13)18-14-9-2-3-10(14)8-16-7-9/h4-6,9-10,14,16H,2-3,7-8H2,1H3. The summed E-state index contributed by atoms with van der Waals surface area (Å²) < 4.78 is 24.4. The van der Waals surface area contributed by atoms with Crippen LogP contribution in [-0.4, -0.2) is 26.3 Å². The molecule has 0 aromatic heterocycles. The molecular formula is C14H18FNO2. The van der Waals surface area contributed by atoms with Crippen molar-refractivity contribution in [1.82, 2.24) is 5.32 Å². The van der Waals surface area contributed by atoms with Gasteiger partial charge in [-0.1, -0.05) is 0 Å². The summed E-state index contributed by atoms with van der Waals surface area (Å²) in [5, 5.41) is 3.43. The first-order valence-corrected chi connectivity index (χ1v) is 6.49. The van der Waals surface area contributed by atoms with Crippen LogP contribution in [0, 0.1) is 17.7 Å². The highest BCUT2D eigenvalue weighted by atomic mass is 19.1. The van der Waals surface area contributed by atoms with Gasteiger partial charge in [0.2, 0.25) is 0 Å². The molecule has 2 bridgehead atoms. The Balaban J connectivity index is 1.80. The predicted octanol–water partition coefficient (Wildman–Crippen LogP) is 2.21. The molecule has 1 aliphatic heterocycles. The zero-order valence-corrected chi connectivity index (χ0v) is 10.5. The number of hydrogen-bond acceptors (Lipinski definition) is 3. The fourth-order valence-corrected chi connectivity index (χ4v) is 3.11. The first kappa shape index (κ1) is 11.8. The molecule has 1 N–H and O–H groups in total. The second-order valence-corrected chi connectivity index (χ2v) is 5.13. The largest absolute Gasteiger partial charge is 0.493 e. The lowest BCUT2D eigenvalue weighted by atomic mass is 9.96. The summed E-state index contributed by atoms with van der Waals surface area (Å²) in [6.07, 6.45) is 2.67. The third-order valence-electron chi connectivity index (χ3n) is 4.04. The molecule has 1 heterocycles. The Morgan fingerprint density at radius 2 is 1.89 bits per heavy atom. The lowest BCUT2D eigenvalue weighted by Gasteiger charge is -2.31. The summed E-state index contributed by atoms with van der Waals surface area (Å²) in [5.41, 5.74) is 0. The third kappa shape index (κ3) is 2.05. The monoisotopic (exact) mass is 251 g/mol. The van der Waals surface area contributed by atoms with Gasteiger partial charge < -0.3 is 14.8 Å². The summed E-state index contributed by atoms with van der Waals surface area (Å²) in [5.74, 6) is 1.97. The Morgan fingerprint density at radius 3 is 2.56 bits per heavy atom. The van der Waals surface area contributed by atoms with Gasteiger partial charge in [0.15, 0.2) is 11.5 Å². The van der Waals surface area contributed by atoms with Crippen LogP contribution < -0.4 is 14.8 Å². The van der Waals surface area contributed by atoms with Crippen LogP contribution in [0.15, 0.2) is 18.2 Å². The molecule has 0 radical (unpaired) electrons. The highest BCUT2D eigenvalue weighted by molar-refractivity contribution is 5.40. The van der Waals surface area contributed by atoms with Crippen molar-refractivity contribution in [2.24, 2.45) is 11.8 Å². The molecule has 2 fully saturated rings. The molecule has 98 valence electrons. The van der Waals surface area contributed by atoms with Gasteiger partial charge in [0, 0.05) is 31.0 Å². The molecular weight excluding hydrogens is 233 g/mol. The summed E-state index contributed by atoms with van der Waals surface area (Å²) in [4.78, 5) is 0. The number of fused-ring (bicyclic) bond motifs is 2. The van der Waals surface area contributed by atoms with E-state index in [0.717, 1.165) is 13.1 Å². The maximum Gasteiger partial charge on any atom is 0.163 e. The number of rotatable bonds is 3. The summed E-state index contributed by atoms with van der Waals surface area (Å²) in [6, 6.07) is 4.45. The first-order chi connectivity index (χ1) is 8.78. The van der Waals surface area contributed by atoms with E-state index in [2.05, 4.69) is 5.32 Å². The summed E-state index contributed by atoms with van der Waals surface area (Å²) in [7, 11) is 1.54. The lowest BCUT2D eigenvalue weighted by molar-refractivity contribution is 0.0899. The number of nitrogens with one attached hydrogen (secondary N) is 1. The van der Waals surface area contributed by atoms with Gasteiger partial charge in [-0.2, -0.15) is 0 Å². The summed E-state index contributed by atoms with van der Waals surface area (Å²) >= 11 is 0. The van der Waals surface area contributed by atoms with E-state index in [4.69, 9.17) is 9.47 Å². The first-order valence-electron chi connectivity index (χ1n) is 6.49. The van der Waals surface area contributed by atoms with Crippen LogP contribution in [0.1, 0.15) is 12.8 Å². The molecule has 1 aromatic carbocycles. The van der Waals surface area contributed by atoms with Gasteiger partial charge >= 0.3 is 0 Å². The highest BCUT2D eigenvalue weighted by Gasteiger charge is 2.40. The van der Waals surface area contributed by atoms with Crippen molar-refractivity contribution in [1.29, 1.82) is 0 Å². The fourth-order valence-electron chi connectivity index (χ4n) is 3.11. The van der Waals surface area contributed by atoms with Gasteiger partial charge in [0.05, 0.1) is 7.11 Å². The van der Waals surface area contributed by atoms with Crippen molar-refractivity contribution in [2.75, 3.05) is 20.2 Å². The van der Waals surface area contributed by atoms with Crippen LogP contribution in [0.2, 0.25) is 0 Å². The fraction of sp³-hybridized carbons (Fsp3) is 0.571. The van der Waals surface area contributed by atoms with E-state index < -0.39 is 0 Å². The van der Waals surface area contributed by atoms with Gasteiger partial charge in [-0.3, -0.25) is 0 Å². The van der Waals surface area contributed by atoms with Crippen LogP contribution in [-0.2, 0) is 0 Å². The predicted molar refractivity (Wildman–Crippen MR) is 66.5 cm³/mol. The molecule has 1 saturated carbocycles. The number of methoxy groups -OCH3 is 1. The average Bonchev–Trinajstić information content (AvgIpc) is 2.62. The van der Waals surface area contributed by atoms with Crippen LogP contribution in [0.3, 0.4) is 0 Å². The van der Waals surface area contributed by atoms with Gasteiger partial charge in [-0.25, -0.2) is 4.39 Å². The second kappa shape index (κ2) is 4.76. The van der Waals surface area contributed by atoms with Gasteiger partial charge in [-0.05, 0) is 25.0 Å². The number of piperidine rings is 1. The molecule has 1 aliphatic carbocycles. The number of benzene rings is 1. The van der Waals surface area contributed by atoms with E-state index in [1.165, 1.54) is 25.0 Å². The SMILES string of the molecule is COc1cc(F)ccc1OC1C2CCC1CNC2. The molecule has 2 aliphatic rings. The van der Waals surface area contributed by atoms with E-state index in [0.29, 0.717) is 23.3 Å². The maximum atomic E-state index is 13.1. The lowest BCUT2D eigenvalue weighted by Crippen LogP contribution is -2.44. The van der Waals surface area contributed by atoms with Crippen LogP contribution in [0.25, 0.3) is 0 Å². The van der Waals surface area contributed by atoms with E-state index in [9.17, 15) is 4.39 Å². The minimum atomic E-state index is -0.299. The highest BCUT2D eigenvalue weighted by Crippen LogP contribution is 2.39. The topological polar surface area (TPSA) is 30.5 Å². The van der Waals surface area contributed by atoms with Crippen LogP contribution in [0.5, 0.6) is 11.5 Å². The Bertz CT molecular complexity index is 422. The average molecular weight is 251 g/mol. The minimum Gasteiger partial charge on any atom is -0.493 e. The van der Waals surface area contributed by atoms with Crippen molar-refractivity contribution in [2.45, 2.75) is 18.9 Å². The normalized spacial score (nSPS) is 30.2. The van der Waals surface area contributed by atoms with Crippen molar-refractivity contribution in [3.05, 3.63) is 24.0 Å². The number of halogens is 1. The zero-order chi connectivity index (χ0) is 12.5. The van der Waals surface area contributed by atoms with Crippen molar-refractivity contribution >= 4 is 0 Å². The maximum absolute atomic E-state index is 13.1. The molecule has 2 unspecified atom stereocenters. The Morgan fingerprint density at radius 1 is 1.17 bits per heavy atom. The molecule has 2 atom stereocenters. The molecule has 18 heavy (non-hydrogen) atoms. The minimum absolute atomic E-state index is 0.241. The number of hydrogen-bond donors (Lipinski definition) is 1. The molecule has 0 spiro atoms. The quantitative estimate of drug-likeness (QED) is 0.893. The van der Waals surface area contributed by atoms with Crippen LogP contribution in [0.4, 0.5) is 4.39 Å². The van der Waals surface area contributed by atoms with E-state index in [1.807, 2.05) is 0 Å². The Hall–Kier alpha value is -1.29. The molecule has 1 aromatic rings. The smallest absolute Gasteiger partial charge is 0.163 e. The van der Waals surface area contributed by atoms with Gasteiger partial charge in [0.25, 0.3) is 0 Å². The second-order valence-electron chi connectivity index (χ2n) is 5.13. The molecule has 3 rings (SSSR count). The zero-order valence-electron chi connectivity index (χ0n) is 10.5. The van der Waals surface area contributed by atoms with E-state index >= 15 is 0 Å². The van der Waals surface area contributed by atoms with Crippen molar-refractivity contribution < 1.29 is 13.9 Å². The number of ether oxygens (including phenoxy) is 2. The van der Waals surface area contributed by atoms with E-state index in [-0.39, 0.29) is 11.9 Å².